The fraction of sp³-hybridized carbons (Fsp3) is 0.348. The molecule has 3 rings (SSSR count). The lowest BCUT2D eigenvalue weighted by Crippen LogP contribution is -2.33. The summed E-state index contributed by atoms with van der Waals surface area (Å²) >= 11 is 0. The number of carbonyl (C=O) groups is 2. The summed E-state index contributed by atoms with van der Waals surface area (Å²) in [4.78, 5) is 32.3. The molecule has 0 radical (unpaired) electrons. The van der Waals surface area contributed by atoms with Gasteiger partial charge in [0, 0.05) is 25.8 Å². The van der Waals surface area contributed by atoms with E-state index in [1.54, 1.807) is 10.6 Å². The van der Waals surface area contributed by atoms with Gasteiger partial charge in [-0.1, -0.05) is 44.2 Å². The summed E-state index contributed by atoms with van der Waals surface area (Å²) < 4.78 is 1.69. The van der Waals surface area contributed by atoms with Crippen LogP contribution in [0.4, 0.5) is 0 Å². The predicted octanol–water partition coefficient (Wildman–Crippen LogP) is 3.83. The Balaban J connectivity index is 1.90. The summed E-state index contributed by atoms with van der Waals surface area (Å²) in [6.07, 6.45) is 3.52. The van der Waals surface area contributed by atoms with Crippen molar-refractivity contribution in [3.05, 3.63) is 71.3 Å². The maximum Gasteiger partial charge on any atom is 0.287 e. The summed E-state index contributed by atoms with van der Waals surface area (Å²) in [5, 5.41) is 2.93. The fourth-order valence-electron chi connectivity index (χ4n) is 3.42. The first-order valence-electron chi connectivity index (χ1n) is 10.2. The number of nitrogens with zero attached hydrogens (tertiary/aromatic N) is 3. The summed E-state index contributed by atoms with van der Waals surface area (Å²) in [5.74, 6) is -0.202. The number of imidazole rings is 1. The van der Waals surface area contributed by atoms with Crippen LogP contribution >= 0.6 is 0 Å². The van der Waals surface area contributed by atoms with Gasteiger partial charge in [0.25, 0.3) is 11.8 Å². The number of aromatic nitrogens is 2. The molecule has 2 aromatic heterocycles. The number of nitrogens with one attached hydrogen (secondary N) is 1. The van der Waals surface area contributed by atoms with Crippen LogP contribution in [0.5, 0.6) is 0 Å². The zero-order chi connectivity index (χ0) is 20.8. The summed E-state index contributed by atoms with van der Waals surface area (Å²) in [7, 11) is 0. The number of pyridine rings is 1. The van der Waals surface area contributed by atoms with E-state index in [0.717, 1.165) is 24.0 Å². The average molecular weight is 393 g/mol. The van der Waals surface area contributed by atoms with Gasteiger partial charge < -0.3 is 10.2 Å². The zero-order valence-corrected chi connectivity index (χ0v) is 17.3. The van der Waals surface area contributed by atoms with Crippen LogP contribution in [0.1, 0.15) is 58.9 Å². The molecule has 0 bridgehead atoms. The summed E-state index contributed by atoms with van der Waals surface area (Å²) in [6, 6.07) is 13.4. The van der Waals surface area contributed by atoms with E-state index in [4.69, 9.17) is 0 Å². The normalized spacial score (nSPS) is 10.9. The van der Waals surface area contributed by atoms with Crippen LogP contribution in [0.2, 0.25) is 0 Å². The molecule has 0 saturated carbocycles. The Bertz CT molecular complexity index is 1000. The SMILES string of the molecule is CCCN(CCC)C(=O)c1nc(C(=O)NCc2ccccc2C)n2ccccc12. The van der Waals surface area contributed by atoms with Crippen molar-refractivity contribution in [1.29, 1.82) is 0 Å². The van der Waals surface area contributed by atoms with Crippen molar-refractivity contribution in [2.24, 2.45) is 0 Å². The minimum Gasteiger partial charge on any atom is -0.345 e. The zero-order valence-electron chi connectivity index (χ0n) is 17.3. The lowest BCUT2D eigenvalue weighted by Gasteiger charge is -2.20. The van der Waals surface area contributed by atoms with Crippen LogP contribution in [0.3, 0.4) is 0 Å². The quantitative estimate of drug-likeness (QED) is 0.633. The molecule has 152 valence electrons. The molecule has 0 unspecified atom stereocenters. The smallest absolute Gasteiger partial charge is 0.287 e. The number of amides is 2. The maximum atomic E-state index is 13.1. The van der Waals surface area contributed by atoms with Gasteiger partial charge in [-0.2, -0.15) is 0 Å². The number of hydrogen-bond acceptors (Lipinski definition) is 3. The van der Waals surface area contributed by atoms with Gasteiger partial charge in [0.1, 0.15) is 0 Å². The van der Waals surface area contributed by atoms with Gasteiger partial charge in [-0.15, -0.1) is 0 Å². The van der Waals surface area contributed by atoms with E-state index in [9.17, 15) is 9.59 Å². The third-order valence-electron chi connectivity index (χ3n) is 4.93. The molecule has 2 amide bonds. The number of hydrogen-bond donors (Lipinski definition) is 1. The van der Waals surface area contributed by atoms with E-state index in [1.165, 1.54) is 0 Å². The van der Waals surface area contributed by atoms with Crippen LogP contribution in [-0.2, 0) is 6.54 Å². The van der Waals surface area contributed by atoms with Crippen molar-refractivity contribution in [3.63, 3.8) is 0 Å². The van der Waals surface area contributed by atoms with Gasteiger partial charge in [-0.05, 0) is 43.0 Å². The minimum atomic E-state index is -0.300. The lowest BCUT2D eigenvalue weighted by molar-refractivity contribution is 0.0752. The van der Waals surface area contributed by atoms with E-state index in [2.05, 4.69) is 10.3 Å². The predicted molar refractivity (Wildman–Crippen MR) is 114 cm³/mol. The number of rotatable bonds is 8. The van der Waals surface area contributed by atoms with Crippen LogP contribution in [0.15, 0.2) is 48.7 Å². The highest BCUT2D eigenvalue weighted by molar-refractivity contribution is 6.02. The Morgan fingerprint density at radius 1 is 1.03 bits per heavy atom. The Kier molecular flexibility index (Phi) is 6.65. The third-order valence-corrected chi connectivity index (χ3v) is 4.93. The monoisotopic (exact) mass is 392 g/mol. The number of fused-ring (bicyclic) bond motifs is 1. The first-order chi connectivity index (χ1) is 14.1. The first kappa shape index (κ1) is 20.6. The lowest BCUT2D eigenvalue weighted by atomic mass is 10.1. The van der Waals surface area contributed by atoms with Crippen LogP contribution in [0, 0.1) is 6.92 Å². The van der Waals surface area contributed by atoms with Gasteiger partial charge in [-0.25, -0.2) is 4.98 Å². The molecule has 0 aliphatic carbocycles. The standard InChI is InChI=1S/C23H28N4O2/c1-4-13-26(14-5-2)23(29)20-19-12-8-9-15-27(19)21(25-20)22(28)24-16-18-11-7-6-10-17(18)3/h6-12,15H,4-5,13-14,16H2,1-3H3,(H,24,28). The van der Waals surface area contributed by atoms with Gasteiger partial charge >= 0.3 is 0 Å². The highest BCUT2D eigenvalue weighted by Gasteiger charge is 2.24. The molecule has 0 aliphatic rings. The Morgan fingerprint density at radius 2 is 1.72 bits per heavy atom. The Morgan fingerprint density at radius 3 is 2.41 bits per heavy atom. The van der Waals surface area contributed by atoms with E-state index < -0.39 is 0 Å². The van der Waals surface area contributed by atoms with Gasteiger partial charge in [0.05, 0.1) is 5.52 Å². The van der Waals surface area contributed by atoms with E-state index in [1.807, 2.05) is 68.1 Å². The Labute approximate surface area is 171 Å². The topological polar surface area (TPSA) is 66.7 Å². The van der Waals surface area contributed by atoms with Crippen LogP contribution in [0.25, 0.3) is 5.52 Å². The van der Waals surface area contributed by atoms with Crippen molar-refractivity contribution in [2.75, 3.05) is 13.1 Å². The fourth-order valence-corrected chi connectivity index (χ4v) is 3.42. The molecule has 0 saturated heterocycles. The molecular formula is C23H28N4O2. The van der Waals surface area contributed by atoms with E-state index in [0.29, 0.717) is 30.8 Å². The van der Waals surface area contributed by atoms with Crippen molar-refractivity contribution in [3.8, 4) is 0 Å². The molecule has 6 nitrogen and oxygen atoms in total. The molecule has 0 atom stereocenters. The van der Waals surface area contributed by atoms with Gasteiger partial charge in [0.2, 0.25) is 5.82 Å². The van der Waals surface area contributed by atoms with Crippen molar-refractivity contribution < 1.29 is 9.59 Å². The Hall–Kier alpha value is -3.15. The van der Waals surface area contributed by atoms with Crippen molar-refractivity contribution in [2.45, 2.75) is 40.2 Å². The molecule has 6 heteroatoms. The molecule has 0 aliphatic heterocycles. The minimum absolute atomic E-state index is 0.129. The van der Waals surface area contributed by atoms with Crippen LogP contribution < -0.4 is 5.32 Å². The van der Waals surface area contributed by atoms with Crippen molar-refractivity contribution >= 4 is 17.3 Å². The van der Waals surface area contributed by atoms with E-state index >= 15 is 0 Å². The second-order valence-electron chi connectivity index (χ2n) is 7.14. The maximum absolute atomic E-state index is 13.1. The highest BCUT2D eigenvalue weighted by Crippen LogP contribution is 2.16. The number of benzene rings is 1. The molecular weight excluding hydrogens is 364 g/mol. The summed E-state index contributed by atoms with van der Waals surface area (Å²) in [6.45, 7) is 7.87. The molecule has 1 N–H and O–H groups in total. The van der Waals surface area contributed by atoms with Crippen molar-refractivity contribution in [1.82, 2.24) is 19.6 Å². The van der Waals surface area contributed by atoms with E-state index in [-0.39, 0.29) is 17.6 Å². The molecule has 3 aromatic rings. The number of carbonyl (C=O) groups excluding carboxylic acids is 2. The highest BCUT2D eigenvalue weighted by atomic mass is 16.2. The second-order valence-corrected chi connectivity index (χ2v) is 7.14. The third kappa shape index (κ3) is 4.47. The first-order valence-corrected chi connectivity index (χ1v) is 10.2. The molecule has 2 heterocycles. The van der Waals surface area contributed by atoms with Gasteiger partial charge in [0.15, 0.2) is 5.69 Å². The average Bonchev–Trinajstić information content (AvgIpc) is 3.12. The van der Waals surface area contributed by atoms with Gasteiger partial charge in [-0.3, -0.25) is 14.0 Å². The molecule has 0 spiro atoms. The molecule has 29 heavy (non-hydrogen) atoms. The molecule has 0 fully saturated rings. The second kappa shape index (κ2) is 9.37. The number of aryl methyl sites for hydroxylation is 1. The molecule has 1 aromatic carbocycles. The summed E-state index contributed by atoms with van der Waals surface area (Å²) in [5.41, 5.74) is 3.14. The van der Waals surface area contributed by atoms with Crippen LogP contribution in [-0.4, -0.2) is 39.2 Å². The largest absolute Gasteiger partial charge is 0.345 e.